The lowest BCUT2D eigenvalue weighted by atomic mass is 10.2. The lowest BCUT2D eigenvalue weighted by molar-refractivity contribution is 0.0578. The van der Waals surface area contributed by atoms with Crippen LogP contribution in [0.25, 0.3) is 10.2 Å². The molecule has 0 radical (unpaired) electrons. The first-order valence-electron chi connectivity index (χ1n) is 8.99. The smallest absolute Gasteiger partial charge is 0.415 e. The summed E-state index contributed by atoms with van der Waals surface area (Å²) in [6.45, 7) is 5.88. The van der Waals surface area contributed by atoms with Crippen LogP contribution in [0.1, 0.15) is 37.6 Å². The normalized spacial score (nSPS) is 11.2. The zero-order valence-corrected chi connectivity index (χ0v) is 18.7. The number of pyridine rings is 1. The molecular weight excluding hydrogens is 428 g/mol. The Labute approximate surface area is 182 Å². The Morgan fingerprint density at radius 1 is 1.38 bits per heavy atom. The molecule has 0 aliphatic rings. The fourth-order valence-electron chi connectivity index (χ4n) is 2.59. The van der Waals surface area contributed by atoms with Gasteiger partial charge in [-0.05, 0) is 32.2 Å². The summed E-state index contributed by atoms with van der Waals surface area (Å²) in [5.74, 6) is 5.93. The average Bonchev–Trinajstić information content (AvgIpc) is 3.28. The van der Waals surface area contributed by atoms with E-state index in [1.54, 1.807) is 22.3 Å². The third-order valence-electron chi connectivity index (χ3n) is 3.73. The van der Waals surface area contributed by atoms with Crippen molar-refractivity contribution in [1.29, 1.82) is 0 Å². The van der Waals surface area contributed by atoms with Gasteiger partial charge in [0.25, 0.3) is 0 Å². The second-order valence-corrected chi connectivity index (χ2v) is 9.51. The summed E-state index contributed by atoms with van der Waals surface area (Å²) in [6.07, 6.45) is -0.0662. The number of amides is 1. The highest BCUT2D eigenvalue weighted by molar-refractivity contribution is 7.18. The van der Waals surface area contributed by atoms with Gasteiger partial charge in [-0.15, -0.1) is 22.7 Å². The lowest BCUT2D eigenvalue weighted by Gasteiger charge is -2.27. The first kappa shape index (κ1) is 21.6. The SMILES string of the molecule is CC(C)(C)OC(=O)N(Cc1cccs1)c1cc(Cl)nc2c(C#CCCO)csc12. The number of anilines is 1. The predicted octanol–water partition coefficient (Wildman–Crippen LogP) is 5.69. The Morgan fingerprint density at radius 2 is 2.17 bits per heavy atom. The van der Waals surface area contributed by atoms with Crippen molar-refractivity contribution in [2.24, 2.45) is 0 Å². The molecule has 0 atom stereocenters. The molecular formula is C21H21ClN2O3S2. The van der Waals surface area contributed by atoms with Gasteiger partial charge >= 0.3 is 6.09 Å². The van der Waals surface area contributed by atoms with Gasteiger partial charge in [0.05, 0.1) is 29.1 Å². The molecule has 3 heterocycles. The van der Waals surface area contributed by atoms with E-state index >= 15 is 0 Å². The predicted molar refractivity (Wildman–Crippen MR) is 120 cm³/mol. The highest BCUT2D eigenvalue weighted by Gasteiger charge is 2.27. The van der Waals surface area contributed by atoms with Crippen LogP contribution in [-0.4, -0.2) is 28.4 Å². The van der Waals surface area contributed by atoms with E-state index in [4.69, 9.17) is 21.4 Å². The number of carbonyl (C=O) groups excluding carboxylic acids is 1. The number of aliphatic hydroxyl groups is 1. The second kappa shape index (κ2) is 9.14. The zero-order valence-electron chi connectivity index (χ0n) is 16.4. The van der Waals surface area contributed by atoms with E-state index in [0.717, 1.165) is 15.1 Å². The summed E-state index contributed by atoms with van der Waals surface area (Å²) in [6, 6.07) is 5.60. The van der Waals surface area contributed by atoms with Crippen LogP contribution in [0.3, 0.4) is 0 Å². The van der Waals surface area contributed by atoms with Crippen molar-refractivity contribution >= 4 is 56.3 Å². The molecule has 0 unspecified atom stereocenters. The van der Waals surface area contributed by atoms with E-state index in [2.05, 4.69) is 16.8 Å². The number of hydrogen-bond acceptors (Lipinski definition) is 6. The van der Waals surface area contributed by atoms with Crippen molar-refractivity contribution in [2.45, 2.75) is 39.3 Å². The number of rotatable bonds is 4. The molecule has 0 aromatic carbocycles. The summed E-state index contributed by atoms with van der Waals surface area (Å²) >= 11 is 9.33. The fraction of sp³-hybridized carbons (Fsp3) is 0.333. The fourth-order valence-corrected chi connectivity index (χ4v) is 4.43. The van der Waals surface area contributed by atoms with Gasteiger partial charge in [-0.25, -0.2) is 9.78 Å². The van der Waals surface area contributed by atoms with Gasteiger partial charge in [-0.3, -0.25) is 4.90 Å². The van der Waals surface area contributed by atoms with Gasteiger partial charge in [-0.2, -0.15) is 0 Å². The van der Waals surface area contributed by atoms with Crippen LogP contribution < -0.4 is 4.90 Å². The van der Waals surface area contributed by atoms with Crippen LogP contribution in [0.4, 0.5) is 10.5 Å². The van der Waals surface area contributed by atoms with Crippen molar-refractivity contribution in [3.05, 3.63) is 44.6 Å². The quantitative estimate of drug-likeness (QED) is 0.411. The first-order chi connectivity index (χ1) is 13.8. The number of halogens is 1. The molecule has 0 spiro atoms. The van der Waals surface area contributed by atoms with Crippen molar-refractivity contribution in [1.82, 2.24) is 4.98 Å². The third-order valence-corrected chi connectivity index (χ3v) is 5.78. The Balaban J connectivity index is 2.09. The molecule has 1 N–H and O–H groups in total. The Bertz CT molecular complexity index is 1060. The molecule has 0 saturated carbocycles. The lowest BCUT2D eigenvalue weighted by Crippen LogP contribution is -2.36. The third kappa shape index (κ3) is 5.49. The summed E-state index contributed by atoms with van der Waals surface area (Å²) in [7, 11) is 0. The Kier molecular flexibility index (Phi) is 6.81. The summed E-state index contributed by atoms with van der Waals surface area (Å²) in [5, 5.41) is 13.1. The van der Waals surface area contributed by atoms with E-state index < -0.39 is 11.7 Å². The maximum absolute atomic E-state index is 13.1. The molecule has 3 rings (SSSR count). The molecule has 3 aromatic rings. The monoisotopic (exact) mass is 448 g/mol. The van der Waals surface area contributed by atoms with Crippen molar-refractivity contribution in [3.63, 3.8) is 0 Å². The molecule has 3 aromatic heterocycles. The van der Waals surface area contributed by atoms with Crippen molar-refractivity contribution in [3.8, 4) is 11.8 Å². The van der Waals surface area contributed by atoms with Gasteiger partial charge < -0.3 is 9.84 Å². The summed E-state index contributed by atoms with van der Waals surface area (Å²) < 4.78 is 6.47. The van der Waals surface area contributed by atoms with Gasteiger partial charge in [-0.1, -0.05) is 29.5 Å². The Hall–Kier alpha value is -2.11. The molecule has 1 amide bonds. The number of fused-ring (bicyclic) bond motifs is 1. The number of ether oxygens (including phenoxy) is 1. The molecule has 0 saturated heterocycles. The number of thiophene rings is 2. The van der Waals surface area contributed by atoms with Gasteiger partial charge in [0, 0.05) is 22.7 Å². The van der Waals surface area contributed by atoms with Crippen molar-refractivity contribution < 1.29 is 14.6 Å². The van der Waals surface area contributed by atoms with E-state index in [1.807, 2.05) is 43.7 Å². The molecule has 152 valence electrons. The Morgan fingerprint density at radius 3 is 2.83 bits per heavy atom. The highest BCUT2D eigenvalue weighted by Crippen LogP contribution is 2.36. The molecule has 8 heteroatoms. The van der Waals surface area contributed by atoms with E-state index in [9.17, 15) is 4.79 Å². The average molecular weight is 449 g/mol. The first-order valence-corrected chi connectivity index (χ1v) is 11.1. The van der Waals surface area contributed by atoms with E-state index in [1.165, 1.54) is 11.3 Å². The van der Waals surface area contributed by atoms with Crippen LogP contribution >= 0.6 is 34.3 Å². The number of nitrogens with zero attached hydrogens (tertiary/aromatic N) is 2. The van der Waals surface area contributed by atoms with Crippen molar-refractivity contribution in [2.75, 3.05) is 11.5 Å². The molecule has 0 bridgehead atoms. The van der Waals surface area contributed by atoms with E-state index in [-0.39, 0.29) is 11.8 Å². The van der Waals surface area contributed by atoms with Crippen LogP contribution in [0.5, 0.6) is 0 Å². The molecule has 29 heavy (non-hydrogen) atoms. The molecule has 0 fully saturated rings. The number of hydrogen-bond donors (Lipinski definition) is 1. The van der Waals surface area contributed by atoms with Gasteiger partial charge in [0.2, 0.25) is 0 Å². The minimum atomic E-state index is -0.628. The van der Waals surface area contributed by atoms with Crippen LogP contribution in [0.15, 0.2) is 29.0 Å². The number of aromatic nitrogens is 1. The van der Waals surface area contributed by atoms with Crippen LogP contribution in [0, 0.1) is 11.8 Å². The van der Waals surface area contributed by atoms with Crippen LogP contribution in [-0.2, 0) is 11.3 Å². The number of aliphatic hydroxyl groups excluding tert-OH is 1. The van der Waals surface area contributed by atoms with Gasteiger partial charge in [0.15, 0.2) is 0 Å². The molecule has 0 aliphatic heterocycles. The maximum Gasteiger partial charge on any atom is 0.415 e. The van der Waals surface area contributed by atoms with E-state index in [0.29, 0.717) is 24.2 Å². The largest absolute Gasteiger partial charge is 0.443 e. The zero-order chi connectivity index (χ0) is 21.0. The highest BCUT2D eigenvalue weighted by atomic mass is 35.5. The number of carbonyl (C=O) groups is 1. The second-order valence-electron chi connectivity index (χ2n) is 7.21. The maximum atomic E-state index is 13.1. The summed E-state index contributed by atoms with van der Waals surface area (Å²) in [5.41, 5.74) is 1.38. The summed E-state index contributed by atoms with van der Waals surface area (Å²) in [4.78, 5) is 20.1. The van der Waals surface area contributed by atoms with Crippen LogP contribution in [0.2, 0.25) is 5.15 Å². The molecule has 0 aliphatic carbocycles. The minimum absolute atomic E-state index is 0.00173. The minimum Gasteiger partial charge on any atom is -0.443 e. The molecule has 5 nitrogen and oxygen atoms in total. The standard InChI is InChI=1S/C21H21ClN2O3S2/c1-21(2,3)27-20(26)24(12-15-8-6-10-28-15)16-11-17(22)23-18-14(7-4-5-9-25)13-29-19(16)18/h6,8,10-11,13,25H,5,9,12H2,1-3H3. The van der Waals surface area contributed by atoms with Gasteiger partial charge in [0.1, 0.15) is 16.3 Å². The topological polar surface area (TPSA) is 62.7 Å².